The van der Waals surface area contributed by atoms with Crippen LogP contribution in [0.1, 0.15) is 92.6 Å². The van der Waals surface area contributed by atoms with E-state index in [0.717, 1.165) is 23.1 Å². The quantitative estimate of drug-likeness (QED) is 0.135. The van der Waals surface area contributed by atoms with Crippen LogP contribution in [0.25, 0.3) is 16.8 Å². The monoisotopic (exact) mass is 558 g/mol. The second kappa shape index (κ2) is 11.7. The average molecular weight is 559 g/mol. The van der Waals surface area contributed by atoms with Gasteiger partial charge in [-0.15, -0.1) is 9.24 Å². The predicted octanol–water partition coefficient (Wildman–Crippen LogP) is 10.3. The number of hydrogen-bond donors (Lipinski definition) is 0. The highest BCUT2D eigenvalue weighted by Crippen LogP contribution is 2.49. The summed E-state index contributed by atoms with van der Waals surface area (Å²) in [6.07, 6.45) is 6.11. The SMILES string of the molecule is CCCCCCc1ccc(-c2cc(C)c(C(C)(C)[C@](C)(P)n3c(C)c(C)n3-c3c(C)cccc3C)cc2F)cc1. The molecule has 0 spiro atoms. The second-order valence-electron chi connectivity index (χ2n) is 12.5. The minimum Gasteiger partial charge on any atom is -0.273 e. The van der Waals surface area contributed by atoms with E-state index in [0.29, 0.717) is 5.56 Å². The normalized spacial score (nSPS) is 13.6. The van der Waals surface area contributed by atoms with Crippen molar-refractivity contribution in [1.82, 2.24) is 9.36 Å². The molecule has 2 nitrogen and oxygen atoms in total. The molecule has 4 heteroatoms. The fourth-order valence-electron chi connectivity index (χ4n) is 6.25. The summed E-state index contributed by atoms with van der Waals surface area (Å²) in [6, 6.07) is 18.8. The van der Waals surface area contributed by atoms with Crippen LogP contribution >= 0.6 is 9.24 Å². The molecule has 0 fully saturated rings. The van der Waals surface area contributed by atoms with Crippen LogP contribution in [-0.4, -0.2) is 9.36 Å². The van der Waals surface area contributed by atoms with Crippen LogP contribution in [0, 0.1) is 40.4 Å². The first-order valence-corrected chi connectivity index (χ1v) is 15.4. The molecule has 4 rings (SSSR count). The van der Waals surface area contributed by atoms with Crippen LogP contribution in [0.5, 0.6) is 0 Å². The summed E-state index contributed by atoms with van der Waals surface area (Å²) in [4.78, 5) is 0. The molecule has 0 aliphatic carbocycles. The third kappa shape index (κ3) is 5.35. The Labute approximate surface area is 244 Å². The lowest BCUT2D eigenvalue weighted by molar-refractivity contribution is 0.226. The number of aryl methyl sites for hydroxylation is 4. The molecule has 2 atom stereocenters. The predicted molar refractivity (Wildman–Crippen MR) is 174 cm³/mol. The van der Waals surface area contributed by atoms with Gasteiger partial charge in [0.1, 0.15) is 5.82 Å². The standard InChI is InChI=1S/C36H48FN2P/c1-10-11-12-13-17-29-18-20-30(21-19-29)31-22-26(4)32(23-33(31)37)35(7,8)36(9,40)39-28(6)27(5)38(39)34-24(2)15-14-16-25(34)3/h14-16,18-23H,10-13,17,40H2,1-9H3/t36-/m0/s1. The van der Waals surface area contributed by atoms with E-state index >= 15 is 4.39 Å². The highest BCUT2D eigenvalue weighted by atomic mass is 31.0. The third-order valence-electron chi connectivity index (χ3n) is 9.29. The van der Waals surface area contributed by atoms with Crippen molar-refractivity contribution in [2.24, 2.45) is 0 Å². The summed E-state index contributed by atoms with van der Waals surface area (Å²) >= 11 is 0. The van der Waals surface area contributed by atoms with Gasteiger partial charge in [-0.25, -0.2) is 4.39 Å². The fraction of sp³-hybridized carbons (Fsp3) is 0.444. The Bertz CT molecular complexity index is 1460. The Hall–Kier alpha value is -2.64. The van der Waals surface area contributed by atoms with Crippen molar-refractivity contribution in [2.75, 3.05) is 0 Å². The zero-order valence-corrected chi connectivity index (χ0v) is 27.2. The minimum atomic E-state index is -0.413. The molecular weight excluding hydrogens is 510 g/mol. The maximum atomic E-state index is 15.9. The molecule has 0 saturated carbocycles. The lowest BCUT2D eigenvalue weighted by atomic mass is 9.75. The molecule has 0 radical (unpaired) electrons. The summed E-state index contributed by atoms with van der Waals surface area (Å²) in [5.41, 5.74) is 10.9. The van der Waals surface area contributed by atoms with Gasteiger partial charge >= 0.3 is 0 Å². The maximum Gasteiger partial charge on any atom is 0.131 e. The Morgan fingerprint density at radius 3 is 2.00 bits per heavy atom. The van der Waals surface area contributed by atoms with Crippen LogP contribution in [0.3, 0.4) is 0 Å². The van der Waals surface area contributed by atoms with E-state index in [1.165, 1.54) is 59.4 Å². The lowest BCUT2D eigenvalue weighted by Crippen LogP contribution is -2.50. The molecule has 4 aromatic rings. The molecule has 0 aliphatic heterocycles. The fourth-order valence-corrected chi connectivity index (χ4v) is 6.71. The van der Waals surface area contributed by atoms with Gasteiger partial charge in [-0.2, -0.15) is 0 Å². The van der Waals surface area contributed by atoms with Crippen molar-refractivity contribution in [1.29, 1.82) is 0 Å². The third-order valence-corrected chi connectivity index (χ3v) is 10.3. The Morgan fingerprint density at radius 2 is 1.40 bits per heavy atom. The highest BCUT2D eigenvalue weighted by molar-refractivity contribution is 7.18. The molecule has 1 heterocycles. The van der Waals surface area contributed by atoms with Crippen molar-refractivity contribution in [3.05, 3.63) is 99.6 Å². The van der Waals surface area contributed by atoms with Gasteiger partial charge in [0.25, 0.3) is 0 Å². The summed E-state index contributed by atoms with van der Waals surface area (Å²) in [6.45, 7) is 19.8. The summed E-state index contributed by atoms with van der Waals surface area (Å²) in [5, 5.41) is -0.413. The molecule has 0 aliphatic rings. The van der Waals surface area contributed by atoms with Gasteiger partial charge in [-0.05, 0) is 99.9 Å². The van der Waals surface area contributed by atoms with Gasteiger partial charge in [-0.3, -0.25) is 9.36 Å². The molecule has 0 amide bonds. The summed E-state index contributed by atoms with van der Waals surface area (Å²) in [5.74, 6) is -0.163. The number of hydrogen-bond acceptors (Lipinski definition) is 0. The zero-order valence-electron chi connectivity index (χ0n) is 26.1. The number of rotatable bonds is 10. The molecule has 1 aromatic heterocycles. The number of para-hydroxylation sites is 1. The van der Waals surface area contributed by atoms with Gasteiger partial charge in [0.05, 0.1) is 22.4 Å². The average Bonchev–Trinajstić information content (AvgIpc) is 2.91. The van der Waals surface area contributed by atoms with Crippen LogP contribution in [0.15, 0.2) is 54.6 Å². The van der Waals surface area contributed by atoms with Crippen molar-refractivity contribution in [3.63, 3.8) is 0 Å². The molecule has 40 heavy (non-hydrogen) atoms. The number of nitrogens with zero attached hydrogens (tertiary/aromatic N) is 2. The highest BCUT2D eigenvalue weighted by Gasteiger charge is 2.45. The van der Waals surface area contributed by atoms with E-state index < -0.39 is 5.28 Å². The van der Waals surface area contributed by atoms with E-state index in [-0.39, 0.29) is 11.2 Å². The number of benzene rings is 3. The van der Waals surface area contributed by atoms with Crippen molar-refractivity contribution < 1.29 is 4.39 Å². The molecule has 0 saturated heterocycles. The lowest BCUT2D eigenvalue weighted by Gasteiger charge is -2.49. The minimum absolute atomic E-state index is 0.163. The van der Waals surface area contributed by atoms with Crippen molar-refractivity contribution in [3.8, 4) is 16.8 Å². The first kappa shape index (κ1) is 30.3. The van der Waals surface area contributed by atoms with E-state index in [2.05, 4.69) is 123 Å². The van der Waals surface area contributed by atoms with Crippen LogP contribution < -0.4 is 0 Å². The van der Waals surface area contributed by atoms with Gasteiger partial charge in [0, 0.05) is 11.0 Å². The van der Waals surface area contributed by atoms with Crippen LogP contribution in [0.4, 0.5) is 4.39 Å². The van der Waals surface area contributed by atoms with Gasteiger partial charge in [-0.1, -0.05) is 82.5 Å². The molecule has 1 unspecified atom stereocenters. The van der Waals surface area contributed by atoms with Crippen LogP contribution in [-0.2, 0) is 17.1 Å². The smallest absolute Gasteiger partial charge is 0.131 e. The molecule has 0 bridgehead atoms. The van der Waals surface area contributed by atoms with E-state index in [4.69, 9.17) is 0 Å². The topological polar surface area (TPSA) is 9.86 Å². The number of halogens is 1. The first-order valence-electron chi connectivity index (χ1n) is 14.9. The van der Waals surface area contributed by atoms with E-state index in [9.17, 15) is 0 Å². The Kier molecular flexibility index (Phi) is 8.86. The van der Waals surface area contributed by atoms with Gasteiger partial charge in [0.2, 0.25) is 0 Å². The van der Waals surface area contributed by atoms with Gasteiger partial charge in [0.15, 0.2) is 0 Å². The molecule has 0 N–H and O–H groups in total. The largest absolute Gasteiger partial charge is 0.273 e. The molecular formula is C36H48FN2P. The zero-order chi connectivity index (χ0) is 29.4. The number of aromatic nitrogens is 2. The van der Waals surface area contributed by atoms with Crippen molar-refractivity contribution >= 4 is 9.24 Å². The number of unbranched alkanes of at least 4 members (excludes halogenated alkanes) is 3. The molecule has 3 aromatic carbocycles. The van der Waals surface area contributed by atoms with E-state index in [1.54, 1.807) is 6.07 Å². The van der Waals surface area contributed by atoms with E-state index in [1.807, 2.05) is 6.07 Å². The van der Waals surface area contributed by atoms with Gasteiger partial charge < -0.3 is 0 Å². The summed E-state index contributed by atoms with van der Waals surface area (Å²) < 4.78 is 20.6. The maximum absolute atomic E-state index is 15.9. The Morgan fingerprint density at radius 1 is 0.775 bits per heavy atom. The first-order chi connectivity index (χ1) is 18.8. The van der Waals surface area contributed by atoms with Crippen molar-refractivity contribution in [2.45, 2.75) is 105 Å². The molecule has 214 valence electrons. The Balaban J connectivity index is 1.69. The van der Waals surface area contributed by atoms with Crippen LogP contribution in [0.2, 0.25) is 0 Å². The summed E-state index contributed by atoms with van der Waals surface area (Å²) in [7, 11) is 3.12. The second-order valence-corrected chi connectivity index (χ2v) is 13.6.